The monoisotopic (exact) mass is 925 g/mol. The topological polar surface area (TPSA) is 214 Å². The van der Waals surface area contributed by atoms with Gasteiger partial charge in [0.2, 0.25) is 0 Å². The van der Waals surface area contributed by atoms with Gasteiger partial charge in [-0.1, -0.05) is 71.0 Å². The molecule has 3 fully saturated rings. The highest BCUT2D eigenvalue weighted by Crippen LogP contribution is 2.67. The van der Waals surface area contributed by atoms with Gasteiger partial charge in [0.15, 0.2) is 5.60 Å². The van der Waals surface area contributed by atoms with E-state index in [2.05, 4.69) is 38.3 Å². The Morgan fingerprint density at radius 3 is 2.57 bits per heavy atom. The van der Waals surface area contributed by atoms with E-state index in [4.69, 9.17) is 15.2 Å². The number of carbonyl (C=O) groups excluding carboxylic acids is 3. The molecule has 364 valence electrons. The summed E-state index contributed by atoms with van der Waals surface area (Å²) >= 11 is 0. The first kappa shape index (κ1) is 47.7. The van der Waals surface area contributed by atoms with Crippen LogP contribution in [0.4, 0.5) is 5.69 Å². The zero-order valence-electron chi connectivity index (χ0n) is 40.1. The number of aromatic nitrogens is 1. The van der Waals surface area contributed by atoms with Gasteiger partial charge in [-0.25, -0.2) is 0 Å². The standard InChI is InChI=1S/C52H72N6O9/c1-7-48(64)25-32-26-50(30-66-31-60,41-35(15-20-57(27-32)29-48)34-13-9-10-14-38(34)55-41)36-24-37-39(23-33(36)28-59)56(6)44-51(37)17-21-58-19-11-16-49(8-2,43(51)58)45(62)52(44,65)46(63)54-18-12-22-67-42(61)40(53)47(3,4)5/h9-11,13-14,16,23-24,31-32,40,43-45,55,59,62,64-65H,7-8,12,15,17-22,25-30,53H2,1-6H3,(H,54,63)/t32-,40?,43?,44?,45-,48?,49-,50+,51-,52+/m1/s1. The number of ether oxygens (including phenoxy) is 2. The Labute approximate surface area is 394 Å². The number of nitrogens with two attached hydrogens (primary N) is 1. The average molecular weight is 925 g/mol. The van der Waals surface area contributed by atoms with E-state index in [1.54, 1.807) is 0 Å². The van der Waals surface area contributed by atoms with Gasteiger partial charge in [-0.2, -0.15) is 0 Å². The van der Waals surface area contributed by atoms with E-state index < -0.39 is 62.9 Å². The minimum absolute atomic E-state index is 0.0121. The van der Waals surface area contributed by atoms with E-state index >= 15 is 0 Å². The highest BCUT2D eigenvalue weighted by atomic mass is 16.5. The van der Waals surface area contributed by atoms with Gasteiger partial charge in [-0.05, 0) is 97.2 Å². The van der Waals surface area contributed by atoms with Gasteiger partial charge < -0.3 is 50.8 Å². The average Bonchev–Trinajstić information content (AvgIpc) is 3.97. The molecule has 8 N–H and O–H groups in total. The molecule has 5 aliphatic heterocycles. The number of carbonyl (C=O) groups is 3. The molecule has 1 amide bonds. The Bertz CT molecular complexity index is 2430. The van der Waals surface area contributed by atoms with E-state index in [-0.39, 0.29) is 44.7 Å². The Balaban J connectivity index is 1.20. The molecule has 3 aromatic rings. The van der Waals surface area contributed by atoms with Gasteiger partial charge in [0.25, 0.3) is 12.4 Å². The second kappa shape index (κ2) is 17.3. The van der Waals surface area contributed by atoms with Crippen LogP contribution in [-0.4, -0.2) is 149 Å². The first-order valence-electron chi connectivity index (χ1n) is 24.5. The quantitative estimate of drug-likeness (QED) is 0.0569. The molecule has 6 heterocycles. The second-order valence-electron chi connectivity index (χ2n) is 22.0. The lowest BCUT2D eigenvalue weighted by molar-refractivity contribution is -0.203. The van der Waals surface area contributed by atoms with Gasteiger partial charge in [-0.3, -0.25) is 24.2 Å². The summed E-state index contributed by atoms with van der Waals surface area (Å²) in [6, 6.07) is 10.3. The van der Waals surface area contributed by atoms with Crippen molar-refractivity contribution in [1.29, 1.82) is 0 Å². The van der Waals surface area contributed by atoms with Crippen LogP contribution >= 0.6 is 0 Å². The second-order valence-corrected chi connectivity index (χ2v) is 22.0. The van der Waals surface area contributed by atoms with Crippen LogP contribution in [0.2, 0.25) is 0 Å². The predicted molar refractivity (Wildman–Crippen MR) is 254 cm³/mol. The molecule has 1 aliphatic carbocycles. The van der Waals surface area contributed by atoms with Crippen LogP contribution in [0.3, 0.4) is 0 Å². The number of H-pyrrole nitrogens is 1. The van der Waals surface area contributed by atoms with E-state index in [0.717, 1.165) is 52.1 Å². The Hall–Kier alpha value is -4.35. The molecule has 1 saturated carbocycles. The number of hydrogen-bond donors (Lipinski definition) is 7. The zero-order chi connectivity index (χ0) is 47.9. The van der Waals surface area contributed by atoms with Crippen molar-refractivity contribution in [3.05, 3.63) is 76.5 Å². The fourth-order valence-electron chi connectivity index (χ4n) is 14.2. The Morgan fingerprint density at radius 2 is 1.85 bits per heavy atom. The highest BCUT2D eigenvalue weighted by molar-refractivity contribution is 5.91. The van der Waals surface area contributed by atoms with Gasteiger partial charge >= 0.3 is 5.97 Å². The fraction of sp³-hybridized carbons (Fsp3) is 0.635. The van der Waals surface area contributed by atoms with Crippen LogP contribution in [-0.2, 0) is 47.7 Å². The van der Waals surface area contributed by atoms with Crippen molar-refractivity contribution in [2.24, 2.45) is 22.5 Å². The number of hydrogen-bond acceptors (Lipinski definition) is 13. The molecule has 1 aromatic heterocycles. The first-order valence-corrected chi connectivity index (χ1v) is 24.5. The van der Waals surface area contributed by atoms with Gasteiger partial charge in [-0.15, -0.1) is 0 Å². The summed E-state index contributed by atoms with van der Waals surface area (Å²) in [6.07, 6.45) is 6.16. The van der Waals surface area contributed by atoms with Gasteiger partial charge in [0.05, 0.1) is 30.3 Å². The predicted octanol–water partition coefficient (Wildman–Crippen LogP) is 3.15. The third kappa shape index (κ3) is 7.19. The summed E-state index contributed by atoms with van der Waals surface area (Å²) < 4.78 is 11.5. The zero-order valence-corrected chi connectivity index (χ0v) is 40.1. The maximum atomic E-state index is 15.0. The summed E-state index contributed by atoms with van der Waals surface area (Å²) in [5.41, 5.74) is 5.45. The number of aliphatic hydroxyl groups excluding tert-OH is 2. The van der Waals surface area contributed by atoms with Crippen molar-refractivity contribution in [1.82, 2.24) is 20.1 Å². The number of para-hydroxylation sites is 1. The lowest BCUT2D eigenvalue weighted by Gasteiger charge is -2.63. The van der Waals surface area contributed by atoms with Crippen molar-refractivity contribution in [2.75, 3.05) is 64.4 Å². The largest absolute Gasteiger partial charge is 0.467 e. The first-order chi connectivity index (χ1) is 31.9. The number of piperidine rings is 1. The Morgan fingerprint density at radius 1 is 1.07 bits per heavy atom. The number of likely N-dealkylation sites (N-methyl/N-ethyl adjacent to an activating group) is 1. The number of esters is 1. The number of rotatable bonds is 13. The molecule has 0 radical (unpaired) electrons. The van der Waals surface area contributed by atoms with Crippen LogP contribution in [0.1, 0.15) is 101 Å². The van der Waals surface area contributed by atoms with E-state index in [1.807, 2.05) is 76.9 Å². The number of benzene rings is 2. The third-order valence-corrected chi connectivity index (χ3v) is 17.3. The van der Waals surface area contributed by atoms with Crippen LogP contribution in [0.25, 0.3) is 10.9 Å². The van der Waals surface area contributed by atoms with E-state index in [9.17, 15) is 34.8 Å². The smallest absolute Gasteiger partial charge is 0.323 e. The van der Waals surface area contributed by atoms with Crippen molar-refractivity contribution >= 4 is 34.9 Å². The Kier molecular flexibility index (Phi) is 12.3. The minimum Gasteiger partial charge on any atom is -0.467 e. The summed E-state index contributed by atoms with van der Waals surface area (Å²) in [4.78, 5) is 50.7. The lowest BCUT2D eigenvalue weighted by Crippen LogP contribution is -2.81. The normalized spacial score (nSPS) is 34.8. The molecule has 2 saturated heterocycles. The van der Waals surface area contributed by atoms with Crippen LogP contribution in [0.15, 0.2) is 48.6 Å². The maximum Gasteiger partial charge on any atom is 0.323 e. The molecule has 11 atom stereocenters. The minimum atomic E-state index is -2.33. The number of aliphatic hydroxyl groups is 4. The van der Waals surface area contributed by atoms with Crippen LogP contribution in [0, 0.1) is 16.7 Å². The molecule has 4 unspecified atom stereocenters. The number of amides is 1. The molecule has 67 heavy (non-hydrogen) atoms. The molecule has 15 heteroatoms. The molecule has 2 bridgehead atoms. The molecule has 1 spiro atoms. The number of nitrogens with one attached hydrogen (secondary N) is 2. The van der Waals surface area contributed by atoms with Crippen molar-refractivity contribution in [3.8, 4) is 0 Å². The highest BCUT2D eigenvalue weighted by Gasteiger charge is 2.78. The van der Waals surface area contributed by atoms with Crippen molar-refractivity contribution < 1.29 is 44.3 Å². The molecule has 6 aliphatic rings. The third-order valence-electron chi connectivity index (χ3n) is 17.3. The van der Waals surface area contributed by atoms with E-state index in [0.29, 0.717) is 70.2 Å². The maximum absolute atomic E-state index is 15.0. The molecule has 2 aromatic carbocycles. The summed E-state index contributed by atoms with van der Waals surface area (Å²) in [7, 11) is 1.87. The van der Waals surface area contributed by atoms with Crippen molar-refractivity contribution in [2.45, 2.75) is 132 Å². The fourth-order valence-corrected chi connectivity index (χ4v) is 14.2. The summed E-state index contributed by atoms with van der Waals surface area (Å²) in [5, 5.41) is 54.0. The molecule has 15 nitrogen and oxygen atoms in total. The SMILES string of the molecule is CCC1(O)C[C@H]2C[N@](CCc3c([nH]c4ccccc34)[C@@](COC=O)(c3cc4c(cc3CO)N(C)C3[C@]45CCN4CC=C[C@](CC)(C45)[C@@H](O)[C@]3(O)C(=O)NCCCOC(=O)C(N)C(C)(C)C)C2)C1. The van der Waals surface area contributed by atoms with Crippen molar-refractivity contribution in [3.63, 3.8) is 0 Å². The van der Waals surface area contributed by atoms with Gasteiger partial charge in [0, 0.05) is 78.9 Å². The van der Waals surface area contributed by atoms with Gasteiger partial charge in [0.1, 0.15) is 18.8 Å². The summed E-state index contributed by atoms with van der Waals surface area (Å²) in [6.45, 7) is 13.2. The number of fused-ring (bicyclic) bond motifs is 6. The van der Waals surface area contributed by atoms with Crippen LogP contribution < -0.4 is 16.0 Å². The summed E-state index contributed by atoms with van der Waals surface area (Å²) in [5.74, 6) is -1.26. The molecule has 9 rings (SSSR count). The van der Waals surface area contributed by atoms with E-state index in [1.165, 1.54) is 0 Å². The number of anilines is 1. The number of aromatic amines is 1. The number of nitrogens with zero attached hydrogens (tertiary/aromatic N) is 3. The van der Waals surface area contributed by atoms with Crippen LogP contribution in [0.5, 0.6) is 0 Å². The molecular weight excluding hydrogens is 853 g/mol. The lowest BCUT2D eigenvalue weighted by atomic mass is 9.47. The molecular formula is C52H72N6O9.